The van der Waals surface area contributed by atoms with E-state index in [4.69, 9.17) is 15.2 Å². The van der Waals surface area contributed by atoms with Gasteiger partial charge in [0, 0.05) is 25.0 Å². The molecule has 4 rings (SSSR count). The molecule has 25 heavy (non-hydrogen) atoms. The summed E-state index contributed by atoms with van der Waals surface area (Å²) < 4.78 is 11.8. The zero-order chi connectivity index (χ0) is 17.4. The van der Waals surface area contributed by atoms with E-state index >= 15 is 0 Å². The summed E-state index contributed by atoms with van der Waals surface area (Å²) in [5, 5.41) is 0. The SMILES string of the molecule is CC1Oc2ccccc2OC1C(=O)N1C[C@@H](N)[C@H](c2ccccc2)C1. The van der Waals surface area contributed by atoms with Gasteiger partial charge < -0.3 is 20.1 Å². The normalized spacial score (nSPS) is 28.0. The molecule has 2 aromatic carbocycles. The van der Waals surface area contributed by atoms with Gasteiger partial charge in [0.25, 0.3) is 5.91 Å². The molecule has 2 aliphatic rings. The summed E-state index contributed by atoms with van der Waals surface area (Å²) in [6.07, 6.45) is -0.981. The molecule has 2 heterocycles. The van der Waals surface area contributed by atoms with Gasteiger partial charge in [-0.1, -0.05) is 42.5 Å². The van der Waals surface area contributed by atoms with Crippen molar-refractivity contribution in [1.82, 2.24) is 4.90 Å². The minimum atomic E-state index is -0.642. The van der Waals surface area contributed by atoms with E-state index in [2.05, 4.69) is 12.1 Å². The van der Waals surface area contributed by atoms with Crippen LogP contribution in [-0.4, -0.2) is 42.1 Å². The lowest BCUT2D eigenvalue weighted by molar-refractivity contribution is -0.143. The Morgan fingerprint density at radius 1 is 1.00 bits per heavy atom. The predicted octanol–water partition coefficient (Wildman–Crippen LogP) is 2.17. The molecule has 1 amide bonds. The second kappa shape index (κ2) is 6.41. The van der Waals surface area contributed by atoms with Crippen LogP contribution in [0.3, 0.4) is 0 Å². The molecule has 0 bridgehead atoms. The molecule has 0 saturated carbocycles. The first-order valence-electron chi connectivity index (χ1n) is 8.65. The molecule has 0 aromatic heterocycles. The van der Waals surface area contributed by atoms with E-state index in [1.54, 1.807) is 4.90 Å². The second-order valence-electron chi connectivity index (χ2n) is 6.73. The van der Waals surface area contributed by atoms with Gasteiger partial charge >= 0.3 is 0 Å². The first-order chi connectivity index (χ1) is 12.1. The molecule has 1 saturated heterocycles. The van der Waals surface area contributed by atoms with Crippen LogP contribution in [0.4, 0.5) is 0 Å². The molecule has 2 aliphatic heterocycles. The Morgan fingerprint density at radius 3 is 2.36 bits per heavy atom. The number of carbonyl (C=O) groups is 1. The number of carbonyl (C=O) groups excluding carboxylic acids is 1. The molecule has 1 fully saturated rings. The molecule has 5 heteroatoms. The van der Waals surface area contributed by atoms with Crippen LogP contribution in [0.15, 0.2) is 54.6 Å². The van der Waals surface area contributed by atoms with E-state index in [1.807, 2.05) is 49.4 Å². The Kier molecular flexibility index (Phi) is 4.09. The fraction of sp³-hybridized carbons (Fsp3) is 0.350. The minimum Gasteiger partial charge on any atom is -0.482 e. The Hall–Kier alpha value is -2.53. The summed E-state index contributed by atoms with van der Waals surface area (Å²) in [5.74, 6) is 1.38. The quantitative estimate of drug-likeness (QED) is 0.911. The summed E-state index contributed by atoms with van der Waals surface area (Å²) in [6, 6.07) is 17.5. The van der Waals surface area contributed by atoms with Gasteiger partial charge in [-0.15, -0.1) is 0 Å². The van der Waals surface area contributed by atoms with Crippen molar-refractivity contribution in [1.29, 1.82) is 0 Å². The number of hydrogen-bond donors (Lipinski definition) is 1. The number of likely N-dealkylation sites (tertiary alicyclic amines) is 1. The molecular formula is C20H22N2O3. The van der Waals surface area contributed by atoms with Crippen LogP contribution in [0.2, 0.25) is 0 Å². The molecule has 2 aromatic rings. The molecule has 130 valence electrons. The minimum absolute atomic E-state index is 0.0594. The predicted molar refractivity (Wildman–Crippen MR) is 94.7 cm³/mol. The van der Waals surface area contributed by atoms with Crippen LogP contribution < -0.4 is 15.2 Å². The van der Waals surface area contributed by atoms with Gasteiger partial charge in [0.1, 0.15) is 6.10 Å². The maximum Gasteiger partial charge on any atom is 0.267 e. The molecule has 5 nitrogen and oxygen atoms in total. The summed E-state index contributed by atoms with van der Waals surface area (Å²) in [5.41, 5.74) is 7.48. The first kappa shape index (κ1) is 16.0. The third-order valence-electron chi connectivity index (χ3n) is 4.99. The van der Waals surface area contributed by atoms with Crippen molar-refractivity contribution in [2.75, 3.05) is 13.1 Å². The van der Waals surface area contributed by atoms with Gasteiger partial charge in [-0.05, 0) is 24.6 Å². The lowest BCUT2D eigenvalue weighted by Gasteiger charge is -2.33. The van der Waals surface area contributed by atoms with Crippen molar-refractivity contribution >= 4 is 5.91 Å². The molecule has 2 N–H and O–H groups in total. The summed E-state index contributed by atoms with van der Waals surface area (Å²) >= 11 is 0. The molecule has 0 aliphatic carbocycles. The maximum atomic E-state index is 13.0. The van der Waals surface area contributed by atoms with E-state index in [0.29, 0.717) is 24.6 Å². The van der Waals surface area contributed by atoms with Crippen LogP contribution >= 0.6 is 0 Å². The highest BCUT2D eigenvalue weighted by molar-refractivity contribution is 5.83. The van der Waals surface area contributed by atoms with Gasteiger partial charge in [0.05, 0.1) is 0 Å². The van der Waals surface area contributed by atoms with Crippen molar-refractivity contribution in [2.24, 2.45) is 5.73 Å². The van der Waals surface area contributed by atoms with Crippen LogP contribution in [-0.2, 0) is 4.79 Å². The number of ether oxygens (including phenoxy) is 2. The topological polar surface area (TPSA) is 64.8 Å². The fourth-order valence-corrected chi connectivity index (χ4v) is 3.63. The summed E-state index contributed by atoms with van der Waals surface area (Å²) in [6.45, 7) is 3.01. The van der Waals surface area contributed by atoms with E-state index in [1.165, 1.54) is 5.56 Å². The Morgan fingerprint density at radius 2 is 1.64 bits per heavy atom. The van der Waals surface area contributed by atoms with Crippen LogP contribution in [0.25, 0.3) is 0 Å². The number of fused-ring (bicyclic) bond motifs is 1. The van der Waals surface area contributed by atoms with E-state index in [9.17, 15) is 4.79 Å². The number of amides is 1. The van der Waals surface area contributed by atoms with Crippen molar-refractivity contribution in [3.05, 3.63) is 60.2 Å². The van der Waals surface area contributed by atoms with Crippen LogP contribution in [0.5, 0.6) is 11.5 Å². The zero-order valence-electron chi connectivity index (χ0n) is 14.2. The van der Waals surface area contributed by atoms with E-state index in [-0.39, 0.29) is 24.0 Å². The lowest BCUT2D eigenvalue weighted by atomic mass is 9.95. The summed E-state index contributed by atoms with van der Waals surface area (Å²) in [7, 11) is 0. The second-order valence-corrected chi connectivity index (χ2v) is 6.73. The molecule has 0 radical (unpaired) electrons. The van der Waals surface area contributed by atoms with Gasteiger partial charge in [0.15, 0.2) is 11.5 Å². The lowest BCUT2D eigenvalue weighted by Crippen LogP contribution is -2.50. The number of rotatable bonds is 2. The zero-order valence-corrected chi connectivity index (χ0v) is 14.2. The Balaban J connectivity index is 1.50. The van der Waals surface area contributed by atoms with Crippen molar-refractivity contribution in [3.8, 4) is 11.5 Å². The van der Waals surface area contributed by atoms with Crippen molar-refractivity contribution in [3.63, 3.8) is 0 Å². The maximum absolute atomic E-state index is 13.0. The van der Waals surface area contributed by atoms with Crippen LogP contribution in [0.1, 0.15) is 18.4 Å². The van der Waals surface area contributed by atoms with Gasteiger partial charge in [-0.3, -0.25) is 4.79 Å². The standard InChI is InChI=1S/C20H22N2O3/c1-13-19(25-18-10-6-5-9-17(18)24-13)20(23)22-11-15(16(21)12-22)14-7-3-2-4-8-14/h2-10,13,15-16,19H,11-12,21H2,1H3/t13?,15-,16+,19?/m0/s1. The van der Waals surface area contributed by atoms with E-state index in [0.717, 1.165) is 0 Å². The molecule has 4 atom stereocenters. The highest BCUT2D eigenvalue weighted by Gasteiger charge is 2.41. The monoisotopic (exact) mass is 338 g/mol. The molecule has 2 unspecified atom stereocenters. The first-order valence-corrected chi connectivity index (χ1v) is 8.65. The number of para-hydroxylation sites is 2. The van der Waals surface area contributed by atoms with Crippen molar-refractivity contribution < 1.29 is 14.3 Å². The number of nitrogens with zero attached hydrogens (tertiary/aromatic N) is 1. The largest absolute Gasteiger partial charge is 0.482 e. The summed E-state index contributed by atoms with van der Waals surface area (Å²) in [4.78, 5) is 14.8. The molecular weight excluding hydrogens is 316 g/mol. The average Bonchev–Trinajstić information content (AvgIpc) is 3.03. The van der Waals surface area contributed by atoms with Crippen molar-refractivity contribution in [2.45, 2.75) is 31.1 Å². The number of hydrogen-bond acceptors (Lipinski definition) is 4. The average molecular weight is 338 g/mol. The third-order valence-corrected chi connectivity index (χ3v) is 4.99. The van der Waals surface area contributed by atoms with Gasteiger partial charge in [0.2, 0.25) is 6.10 Å². The number of nitrogens with two attached hydrogens (primary N) is 1. The van der Waals surface area contributed by atoms with Gasteiger partial charge in [-0.25, -0.2) is 0 Å². The third kappa shape index (κ3) is 2.96. The Labute approximate surface area is 147 Å². The highest BCUT2D eigenvalue weighted by atomic mass is 16.6. The van der Waals surface area contributed by atoms with E-state index < -0.39 is 6.10 Å². The Bertz CT molecular complexity index is 765. The van der Waals surface area contributed by atoms with Crippen LogP contribution in [0, 0.1) is 0 Å². The fourth-order valence-electron chi connectivity index (χ4n) is 3.63. The molecule has 0 spiro atoms. The smallest absolute Gasteiger partial charge is 0.267 e. The highest BCUT2D eigenvalue weighted by Crippen LogP contribution is 2.35. The van der Waals surface area contributed by atoms with Gasteiger partial charge in [-0.2, -0.15) is 0 Å². The number of benzene rings is 2.